The van der Waals surface area contributed by atoms with E-state index in [1.54, 1.807) is 0 Å². The van der Waals surface area contributed by atoms with Crippen LogP contribution in [0.15, 0.2) is 25.3 Å². The first-order valence-corrected chi connectivity index (χ1v) is 6.27. The highest BCUT2D eigenvalue weighted by Crippen LogP contribution is 2.18. The van der Waals surface area contributed by atoms with Crippen LogP contribution in [0.4, 0.5) is 0 Å². The zero-order valence-corrected chi connectivity index (χ0v) is 10.1. The summed E-state index contributed by atoms with van der Waals surface area (Å²) in [5.41, 5.74) is 5.45. The van der Waals surface area contributed by atoms with Crippen LogP contribution in [0.5, 0.6) is 0 Å². The molecule has 0 saturated heterocycles. The monoisotopic (exact) mass is 209 g/mol. The summed E-state index contributed by atoms with van der Waals surface area (Å²) in [6, 6.07) is 0. The number of allylic oxidation sites excluding steroid dienone is 2. The van der Waals surface area contributed by atoms with Gasteiger partial charge in [0.15, 0.2) is 0 Å². The third-order valence-electron chi connectivity index (χ3n) is 2.82. The van der Waals surface area contributed by atoms with Crippen molar-refractivity contribution in [3.8, 4) is 0 Å². The maximum atomic E-state index is 5.45. The lowest BCUT2D eigenvalue weighted by Gasteiger charge is -2.12. The van der Waals surface area contributed by atoms with Crippen LogP contribution in [0.25, 0.3) is 0 Å². The van der Waals surface area contributed by atoms with E-state index in [2.05, 4.69) is 13.2 Å². The van der Waals surface area contributed by atoms with Gasteiger partial charge in [0, 0.05) is 0 Å². The van der Waals surface area contributed by atoms with Gasteiger partial charge in [-0.15, -0.1) is 13.2 Å². The summed E-state index contributed by atoms with van der Waals surface area (Å²) in [5, 5.41) is 0. The van der Waals surface area contributed by atoms with Crippen LogP contribution in [-0.2, 0) is 0 Å². The molecule has 0 spiro atoms. The predicted octanol–water partition coefficient (Wildman–Crippen LogP) is 4.05. The Morgan fingerprint density at radius 1 is 0.867 bits per heavy atom. The van der Waals surface area contributed by atoms with Crippen molar-refractivity contribution in [3.63, 3.8) is 0 Å². The van der Waals surface area contributed by atoms with Crippen molar-refractivity contribution in [3.05, 3.63) is 25.3 Å². The maximum Gasteiger partial charge on any atom is -0.00773 e. The molecule has 0 aliphatic carbocycles. The third-order valence-corrected chi connectivity index (χ3v) is 2.82. The van der Waals surface area contributed by atoms with E-state index in [9.17, 15) is 0 Å². The number of rotatable bonds is 11. The van der Waals surface area contributed by atoms with Gasteiger partial charge in [0.05, 0.1) is 0 Å². The van der Waals surface area contributed by atoms with Gasteiger partial charge in [0.25, 0.3) is 0 Å². The number of hydrogen-bond acceptors (Lipinski definition) is 1. The lowest BCUT2D eigenvalue weighted by Crippen LogP contribution is -1.99. The van der Waals surface area contributed by atoms with E-state index in [0.717, 1.165) is 25.3 Å². The molecule has 0 aromatic heterocycles. The summed E-state index contributed by atoms with van der Waals surface area (Å²) in [6.45, 7) is 8.45. The fourth-order valence-corrected chi connectivity index (χ4v) is 1.91. The molecular weight excluding hydrogens is 182 g/mol. The van der Waals surface area contributed by atoms with Crippen LogP contribution in [0.3, 0.4) is 0 Å². The molecule has 0 aliphatic heterocycles. The second kappa shape index (κ2) is 11.5. The molecule has 0 atom stereocenters. The smallest absolute Gasteiger partial charge is 0.00773 e. The number of nitrogens with two attached hydrogens (primary N) is 1. The topological polar surface area (TPSA) is 26.0 Å². The van der Waals surface area contributed by atoms with Crippen LogP contribution >= 0.6 is 0 Å². The lowest BCUT2D eigenvalue weighted by atomic mass is 9.94. The van der Waals surface area contributed by atoms with Crippen LogP contribution < -0.4 is 5.73 Å². The molecule has 2 N–H and O–H groups in total. The highest BCUT2D eigenvalue weighted by molar-refractivity contribution is 4.79. The van der Waals surface area contributed by atoms with Crippen molar-refractivity contribution in [2.24, 2.45) is 11.7 Å². The normalized spacial score (nSPS) is 10.5. The van der Waals surface area contributed by atoms with Gasteiger partial charge in [-0.1, -0.05) is 37.8 Å². The summed E-state index contributed by atoms with van der Waals surface area (Å²) in [5.74, 6) is 0.773. The van der Waals surface area contributed by atoms with E-state index < -0.39 is 0 Å². The van der Waals surface area contributed by atoms with Gasteiger partial charge in [0.2, 0.25) is 0 Å². The molecule has 0 saturated carbocycles. The molecule has 0 bridgehead atoms. The van der Waals surface area contributed by atoms with Crippen molar-refractivity contribution >= 4 is 0 Å². The Morgan fingerprint density at radius 3 is 1.93 bits per heavy atom. The van der Waals surface area contributed by atoms with Crippen LogP contribution in [0, 0.1) is 5.92 Å². The molecule has 88 valence electrons. The first-order chi connectivity index (χ1) is 7.35. The molecule has 0 rings (SSSR count). The fourth-order valence-electron chi connectivity index (χ4n) is 1.91. The molecule has 0 fully saturated rings. The molecule has 0 radical (unpaired) electrons. The molecule has 0 aliphatic rings. The molecule has 0 amide bonds. The molecular formula is C14H27N. The van der Waals surface area contributed by atoms with Crippen molar-refractivity contribution in [1.82, 2.24) is 0 Å². The van der Waals surface area contributed by atoms with Crippen molar-refractivity contribution in [1.29, 1.82) is 0 Å². The Kier molecular flexibility index (Phi) is 11.1. The van der Waals surface area contributed by atoms with E-state index in [1.165, 1.54) is 38.5 Å². The van der Waals surface area contributed by atoms with Crippen molar-refractivity contribution in [2.75, 3.05) is 6.54 Å². The summed E-state index contributed by atoms with van der Waals surface area (Å²) in [4.78, 5) is 0. The Bertz CT molecular complexity index is 141. The van der Waals surface area contributed by atoms with Gasteiger partial charge in [-0.05, 0) is 38.1 Å². The van der Waals surface area contributed by atoms with Crippen molar-refractivity contribution in [2.45, 2.75) is 51.4 Å². The highest BCUT2D eigenvalue weighted by atomic mass is 14.5. The van der Waals surface area contributed by atoms with Gasteiger partial charge in [-0.3, -0.25) is 0 Å². The predicted molar refractivity (Wildman–Crippen MR) is 69.9 cm³/mol. The summed E-state index contributed by atoms with van der Waals surface area (Å²) in [7, 11) is 0. The van der Waals surface area contributed by atoms with E-state index >= 15 is 0 Å². The third kappa shape index (κ3) is 9.74. The SMILES string of the molecule is C=CCC(CC=C)CCCCCCCN. The first kappa shape index (κ1) is 14.4. The minimum atomic E-state index is 0.773. The zero-order valence-electron chi connectivity index (χ0n) is 10.1. The molecule has 1 heteroatoms. The minimum Gasteiger partial charge on any atom is -0.330 e. The van der Waals surface area contributed by atoms with Crippen LogP contribution in [0.1, 0.15) is 51.4 Å². The quantitative estimate of drug-likeness (QED) is 0.403. The van der Waals surface area contributed by atoms with E-state index in [1.807, 2.05) is 12.2 Å². The second-order valence-electron chi connectivity index (χ2n) is 4.26. The van der Waals surface area contributed by atoms with E-state index in [0.29, 0.717) is 0 Å². The van der Waals surface area contributed by atoms with Gasteiger partial charge >= 0.3 is 0 Å². The average molecular weight is 209 g/mol. The van der Waals surface area contributed by atoms with Gasteiger partial charge in [-0.2, -0.15) is 0 Å². The van der Waals surface area contributed by atoms with Gasteiger partial charge in [0.1, 0.15) is 0 Å². The molecule has 15 heavy (non-hydrogen) atoms. The maximum absolute atomic E-state index is 5.45. The van der Waals surface area contributed by atoms with E-state index in [4.69, 9.17) is 5.73 Å². The first-order valence-electron chi connectivity index (χ1n) is 6.27. The van der Waals surface area contributed by atoms with Gasteiger partial charge < -0.3 is 5.73 Å². The lowest BCUT2D eigenvalue weighted by molar-refractivity contribution is 0.459. The molecule has 0 aromatic rings. The van der Waals surface area contributed by atoms with Crippen molar-refractivity contribution < 1.29 is 0 Å². The van der Waals surface area contributed by atoms with E-state index in [-0.39, 0.29) is 0 Å². The summed E-state index contributed by atoms with van der Waals surface area (Å²) in [6.07, 6.45) is 14.2. The summed E-state index contributed by atoms with van der Waals surface area (Å²) >= 11 is 0. The molecule has 1 nitrogen and oxygen atoms in total. The zero-order chi connectivity index (χ0) is 11.4. The molecule has 0 heterocycles. The number of hydrogen-bond donors (Lipinski definition) is 1. The standard InChI is InChI=1S/C14H27N/c1-3-10-14(11-4-2)12-8-6-5-7-9-13-15/h3-4,14H,1-2,5-13,15H2. The Labute approximate surface area is 95.4 Å². The van der Waals surface area contributed by atoms with Crippen LogP contribution in [-0.4, -0.2) is 6.54 Å². The highest BCUT2D eigenvalue weighted by Gasteiger charge is 2.03. The van der Waals surface area contributed by atoms with Gasteiger partial charge in [-0.25, -0.2) is 0 Å². The average Bonchev–Trinajstić information content (AvgIpc) is 2.24. The second-order valence-corrected chi connectivity index (χ2v) is 4.26. The Hall–Kier alpha value is -0.560. The van der Waals surface area contributed by atoms with Crippen LogP contribution in [0.2, 0.25) is 0 Å². The largest absolute Gasteiger partial charge is 0.330 e. The molecule has 0 aromatic carbocycles. The number of unbranched alkanes of at least 4 members (excludes halogenated alkanes) is 4. The minimum absolute atomic E-state index is 0.773. The summed E-state index contributed by atoms with van der Waals surface area (Å²) < 4.78 is 0. The Balaban J connectivity index is 3.35. The Morgan fingerprint density at radius 2 is 1.40 bits per heavy atom. The fraction of sp³-hybridized carbons (Fsp3) is 0.714. The molecule has 0 unspecified atom stereocenters.